The highest BCUT2D eigenvalue weighted by Gasteiger charge is 2.17. The molecule has 0 aromatic rings. The molecule has 1 heterocycles. The first kappa shape index (κ1) is 9.52. The first-order chi connectivity index (χ1) is 5.74. The van der Waals surface area contributed by atoms with E-state index in [1.165, 1.54) is 0 Å². The fourth-order valence-electron chi connectivity index (χ4n) is 1.55. The second kappa shape index (κ2) is 4.45. The molecular weight excluding hydrogens is 152 g/mol. The zero-order valence-electron chi connectivity index (χ0n) is 7.97. The monoisotopic (exact) mass is 170 g/mol. The van der Waals surface area contributed by atoms with Gasteiger partial charge in [-0.05, 0) is 12.5 Å². The van der Waals surface area contributed by atoms with Crippen molar-refractivity contribution in [2.75, 3.05) is 26.2 Å². The second-order valence-electron chi connectivity index (χ2n) is 3.44. The summed E-state index contributed by atoms with van der Waals surface area (Å²) in [6.45, 7) is 7.62. The molecule has 0 aliphatic carbocycles. The van der Waals surface area contributed by atoms with Gasteiger partial charge < -0.3 is 10.2 Å². The summed E-state index contributed by atoms with van der Waals surface area (Å²) in [7, 11) is 0. The molecule has 1 amide bonds. The zero-order valence-corrected chi connectivity index (χ0v) is 7.97. The minimum Gasteiger partial charge on any atom is -0.341 e. The van der Waals surface area contributed by atoms with E-state index in [1.807, 2.05) is 4.90 Å². The number of nitrogens with zero attached hydrogens (tertiary/aromatic N) is 1. The molecule has 12 heavy (non-hydrogen) atoms. The van der Waals surface area contributed by atoms with E-state index in [4.69, 9.17) is 0 Å². The predicted molar refractivity (Wildman–Crippen MR) is 48.9 cm³/mol. The van der Waals surface area contributed by atoms with Gasteiger partial charge in [0.25, 0.3) is 0 Å². The maximum absolute atomic E-state index is 11.1. The summed E-state index contributed by atoms with van der Waals surface area (Å²) in [4.78, 5) is 13.0. The van der Waals surface area contributed by atoms with Gasteiger partial charge in [-0.25, -0.2) is 0 Å². The Morgan fingerprint density at radius 3 is 3.00 bits per heavy atom. The average molecular weight is 170 g/mol. The van der Waals surface area contributed by atoms with E-state index in [0.717, 1.165) is 32.6 Å². The van der Waals surface area contributed by atoms with Gasteiger partial charge >= 0.3 is 0 Å². The van der Waals surface area contributed by atoms with Crippen LogP contribution in [0.1, 0.15) is 20.3 Å². The van der Waals surface area contributed by atoms with Crippen LogP contribution in [0.2, 0.25) is 0 Å². The van der Waals surface area contributed by atoms with Gasteiger partial charge in [0.1, 0.15) is 0 Å². The highest BCUT2D eigenvalue weighted by molar-refractivity contribution is 5.73. The Hall–Kier alpha value is -0.570. The predicted octanol–water partition coefficient (Wildman–Crippen LogP) is 0.464. The Bertz CT molecular complexity index is 159. The third kappa shape index (κ3) is 2.48. The quantitative estimate of drug-likeness (QED) is 0.620. The van der Waals surface area contributed by atoms with Gasteiger partial charge in [0.15, 0.2) is 0 Å². The molecule has 1 aliphatic rings. The van der Waals surface area contributed by atoms with E-state index in [9.17, 15) is 4.79 Å². The number of amides is 1. The third-order valence-electron chi connectivity index (χ3n) is 2.49. The number of rotatable bonds is 1. The van der Waals surface area contributed by atoms with Gasteiger partial charge in [0.2, 0.25) is 5.91 Å². The van der Waals surface area contributed by atoms with E-state index in [0.29, 0.717) is 5.92 Å². The van der Waals surface area contributed by atoms with Crippen LogP contribution < -0.4 is 5.32 Å². The van der Waals surface area contributed by atoms with Crippen LogP contribution >= 0.6 is 0 Å². The van der Waals surface area contributed by atoms with Crippen molar-refractivity contribution < 1.29 is 4.79 Å². The summed E-state index contributed by atoms with van der Waals surface area (Å²) in [5.74, 6) is 0.841. The molecule has 1 rings (SSSR count). The molecule has 0 aromatic carbocycles. The normalized spacial score (nSPS) is 25.2. The van der Waals surface area contributed by atoms with E-state index >= 15 is 0 Å². The molecule has 70 valence electrons. The lowest BCUT2D eigenvalue weighted by Crippen LogP contribution is -2.33. The van der Waals surface area contributed by atoms with E-state index in [1.54, 1.807) is 6.92 Å². The number of hydrogen-bond acceptors (Lipinski definition) is 2. The van der Waals surface area contributed by atoms with Crippen molar-refractivity contribution in [3.8, 4) is 0 Å². The van der Waals surface area contributed by atoms with Crippen molar-refractivity contribution in [3.63, 3.8) is 0 Å². The molecule has 1 fully saturated rings. The molecule has 1 atom stereocenters. The smallest absolute Gasteiger partial charge is 0.219 e. The summed E-state index contributed by atoms with van der Waals surface area (Å²) in [6, 6.07) is 0. The molecule has 0 saturated carbocycles. The van der Waals surface area contributed by atoms with Crippen LogP contribution in [0.5, 0.6) is 0 Å². The molecule has 0 radical (unpaired) electrons. The average Bonchev–Trinajstić information content (AvgIpc) is 2.28. The van der Waals surface area contributed by atoms with Crippen LogP contribution in [0.4, 0.5) is 0 Å². The van der Waals surface area contributed by atoms with E-state index in [-0.39, 0.29) is 5.91 Å². The van der Waals surface area contributed by atoms with Crippen molar-refractivity contribution in [2.45, 2.75) is 20.3 Å². The maximum atomic E-state index is 11.1. The second-order valence-corrected chi connectivity index (χ2v) is 3.44. The van der Waals surface area contributed by atoms with Gasteiger partial charge in [-0.3, -0.25) is 4.79 Å². The lowest BCUT2D eigenvalue weighted by molar-refractivity contribution is -0.129. The topological polar surface area (TPSA) is 32.3 Å². The van der Waals surface area contributed by atoms with E-state index < -0.39 is 0 Å². The van der Waals surface area contributed by atoms with Gasteiger partial charge in [-0.1, -0.05) is 13.3 Å². The van der Waals surface area contributed by atoms with Crippen LogP contribution in [0, 0.1) is 5.92 Å². The minimum absolute atomic E-state index is 0.206. The number of carbonyl (C=O) groups is 1. The summed E-state index contributed by atoms with van der Waals surface area (Å²) < 4.78 is 0. The van der Waals surface area contributed by atoms with Crippen molar-refractivity contribution in [1.29, 1.82) is 0 Å². The molecule has 0 bridgehead atoms. The SMILES string of the molecule is CCC1CNCCN(C(C)=O)C1. The fourth-order valence-corrected chi connectivity index (χ4v) is 1.55. The Kier molecular flexibility index (Phi) is 3.53. The first-order valence-corrected chi connectivity index (χ1v) is 4.70. The van der Waals surface area contributed by atoms with E-state index in [2.05, 4.69) is 12.2 Å². The van der Waals surface area contributed by atoms with Crippen LogP contribution in [-0.2, 0) is 4.79 Å². The molecule has 1 N–H and O–H groups in total. The molecule has 0 aromatic heterocycles. The molecule has 3 nitrogen and oxygen atoms in total. The standard InChI is InChI=1S/C9H18N2O/c1-3-9-6-10-4-5-11(7-9)8(2)12/h9-10H,3-7H2,1-2H3. The Morgan fingerprint density at radius 1 is 1.67 bits per heavy atom. The third-order valence-corrected chi connectivity index (χ3v) is 2.49. The summed E-state index contributed by atoms with van der Waals surface area (Å²) in [5, 5.41) is 3.34. The Balaban J connectivity index is 2.47. The van der Waals surface area contributed by atoms with Gasteiger partial charge in [-0.2, -0.15) is 0 Å². The molecular formula is C9H18N2O. The highest BCUT2D eigenvalue weighted by Crippen LogP contribution is 2.07. The van der Waals surface area contributed by atoms with Crippen LogP contribution in [0.3, 0.4) is 0 Å². The molecule has 0 spiro atoms. The highest BCUT2D eigenvalue weighted by atomic mass is 16.2. The largest absolute Gasteiger partial charge is 0.341 e. The molecule has 1 saturated heterocycles. The molecule has 1 aliphatic heterocycles. The van der Waals surface area contributed by atoms with Crippen LogP contribution in [-0.4, -0.2) is 37.0 Å². The van der Waals surface area contributed by atoms with Crippen molar-refractivity contribution in [2.24, 2.45) is 5.92 Å². The van der Waals surface area contributed by atoms with Crippen molar-refractivity contribution >= 4 is 5.91 Å². The van der Waals surface area contributed by atoms with Gasteiger partial charge in [-0.15, -0.1) is 0 Å². The summed E-state index contributed by atoms with van der Waals surface area (Å²) >= 11 is 0. The number of hydrogen-bond donors (Lipinski definition) is 1. The van der Waals surface area contributed by atoms with Gasteiger partial charge in [0.05, 0.1) is 0 Å². The minimum atomic E-state index is 0.206. The lowest BCUT2D eigenvalue weighted by atomic mass is 10.1. The Morgan fingerprint density at radius 2 is 2.42 bits per heavy atom. The van der Waals surface area contributed by atoms with Crippen molar-refractivity contribution in [1.82, 2.24) is 10.2 Å². The van der Waals surface area contributed by atoms with Crippen LogP contribution in [0.15, 0.2) is 0 Å². The summed E-state index contributed by atoms with van der Waals surface area (Å²) in [6.07, 6.45) is 1.15. The maximum Gasteiger partial charge on any atom is 0.219 e. The number of carbonyl (C=O) groups excluding carboxylic acids is 1. The first-order valence-electron chi connectivity index (χ1n) is 4.70. The van der Waals surface area contributed by atoms with Crippen LogP contribution in [0.25, 0.3) is 0 Å². The molecule has 3 heteroatoms. The number of nitrogens with one attached hydrogen (secondary N) is 1. The van der Waals surface area contributed by atoms with Crippen molar-refractivity contribution in [3.05, 3.63) is 0 Å². The summed E-state index contributed by atoms with van der Waals surface area (Å²) in [5.41, 5.74) is 0. The fraction of sp³-hybridized carbons (Fsp3) is 0.889. The van der Waals surface area contributed by atoms with Gasteiger partial charge in [0, 0.05) is 26.6 Å². The Labute approximate surface area is 74.1 Å². The molecule has 1 unspecified atom stereocenters. The zero-order chi connectivity index (χ0) is 8.97. The lowest BCUT2D eigenvalue weighted by Gasteiger charge is -2.21.